The van der Waals surface area contributed by atoms with Gasteiger partial charge in [-0.3, -0.25) is 13.6 Å². The molecule has 1 atom stereocenters. The lowest BCUT2D eigenvalue weighted by atomic mass is 10.1. The van der Waals surface area contributed by atoms with Crippen LogP contribution in [-0.2, 0) is 15.5 Å². The van der Waals surface area contributed by atoms with Crippen molar-refractivity contribution < 1.29 is 13.7 Å². The Morgan fingerprint density at radius 1 is 1.03 bits per heavy atom. The fraction of sp³-hybridized carbons (Fsp3) is 0.227. The molecule has 0 aliphatic carbocycles. The lowest BCUT2D eigenvalue weighted by Gasteiger charge is -2.26. The van der Waals surface area contributed by atoms with E-state index in [0.29, 0.717) is 42.7 Å². The first-order chi connectivity index (χ1) is 15.6. The van der Waals surface area contributed by atoms with E-state index >= 15 is 0 Å². The number of fused-ring (bicyclic) bond motifs is 1. The third kappa shape index (κ3) is 3.78. The highest BCUT2D eigenvalue weighted by Crippen LogP contribution is 2.28. The van der Waals surface area contributed by atoms with Crippen molar-refractivity contribution in [1.82, 2.24) is 29.6 Å². The zero-order valence-electron chi connectivity index (χ0n) is 17.3. The summed E-state index contributed by atoms with van der Waals surface area (Å²) in [7, 11) is -1.22. The number of carbonyl (C=O) groups is 1. The van der Waals surface area contributed by atoms with E-state index < -0.39 is 10.8 Å². The van der Waals surface area contributed by atoms with Gasteiger partial charge in [0, 0.05) is 60.0 Å². The van der Waals surface area contributed by atoms with Gasteiger partial charge in [0.25, 0.3) is 5.91 Å². The average Bonchev–Trinajstić information content (AvgIpc) is 3.24. The van der Waals surface area contributed by atoms with Gasteiger partial charge in [0.05, 0.1) is 46.8 Å². The number of rotatable bonds is 4. The molecule has 162 valence electrons. The van der Waals surface area contributed by atoms with Crippen molar-refractivity contribution in [1.29, 1.82) is 0 Å². The Labute approximate surface area is 186 Å². The van der Waals surface area contributed by atoms with Gasteiger partial charge in [-0.25, -0.2) is 9.97 Å². The van der Waals surface area contributed by atoms with Crippen LogP contribution in [0.1, 0.15) is 10.4 Å². The van der Waals surface area contributed by atoms with E-state index in [9.17, 15) is 9.00 Å². The maximum atomic E-state index is 13.0. The van der Waals surface area contributed by atoms with E-state index in [1.807, 2.05) is 18.2 Å². The number of benzene rings is 1. The maximum absolute atomic E-state index is 13.0. The largest absolute Gasteiger partial charge is 0.378 e. The third-order valence-corrected chi connectivity index (χ3v) is 6.34. The van der Waals surface area contributed by atoms with Crippen molar-refractivity contribution in [2.75, 3.05) is 32.6 Å². The molecule has 9 nitrogen and oxygen atoms in total. The monoisotopic (exact) mass is 448 g/mol. The fourth-order valence-corrected chi connectivity index (χ4v) is 4.46. The molecule has 32 heavy (non-hydrogen) atoms. The molecule has 1 unspecified atom stereocenters. The summed E-state index contributed by atoms with van der Waals surface area (Å²) in [5.74, 6) is 0.372. The number of ether oxygens (including phenoxy) is 1. The molecule has 0 saturated carbocycles. The highest BCUT2D eigenvalue weighted by molar-refractivity contribution is 7.84. The summed E-state index contributed by atoms with van der Waals surface area (Å²) in [6.07, 6.45) is 10.1. The molecule has 0 N–H and O–H groups in total. The number of morpholine rings is 1. The molecule has 4 heterocycles. The number of hydrogen-bond acceptors (Lipinski definition) is 7. The second-order valence-electron chi connectivity index (χ2n) is 7.36. The van der Waals surface area contributed by atoms with Gasteiger partial charge in [0.2, 0.25) is 5.95 Å². The van der Waals surface area contributed by atoms with E-state index in [1.54, 1.807) is 52.8 Å². The molecule has 10 heteroatoms. The van der Waals surface area contributed by atoms with E-state index in [2.05, 4.69) is 20.2 Å². The molecule has 5 rings (SSSR count). The molecule has 1 aliphatic heterocycles. The molecule has 0 radical (unpaired) electrons. The van der Waals surface area contributed by atoms with Crippen molar-refractivity contribution in [2.24, 2.45) is 0 Å². The Hall–Kier alpha value is -3.50. The van der Waals surface area contributed by atoms with E-state index in [1.165, 1.54) is 0 Å². The Morgan fingerprint density at radius 2 is 1.81 bits per heavy atom. The van der Waals surface area contributed by atoms with Crippen molar-refractivity contribution >= 4 is 27.6 Å². The summed E-state index contributed by atoms with van der Waals surface area (Å²) in [5, 5.41) is 8.47. The molecule has 1 fully saturated rings. The maximum Gasteiger partial charge on any atom is 0.254 e. The average molecular weight is 449 g/mol. The van der Waals surface area contributed by atoms with Crippen LogP contribution in [0.5, 0.6) is 0 Å². The van der Waals surface area contributed by atoms with Crippen LogP contribution >= 0.6 is 0 Å². The summed E-state index contributed by atoms with van der Waals surface area (Å²) in [6.45, 7) is 2.21. The van der Waals surface area contributed by atoms with Crippen molar-refractivity contribution in [3.8, 4) is 17.1 Å². The summed E-state index contributed by atoms with van der Waals surface area (Å²) >= 11 is 0. The molecular weight excluding hydrogens is 428 g/mol. The van der Waals surface area contributed by atoms with Crippen molar-refractivity contribution in [3.05, 3.63) is 60.8 Å². The van der Waals surface area contributed by atoms with Gasteiger partial charge in [-0.2, -0.15) is 10.2 Å². The predicted molar refractivity (Wildman–Crippen MR) is 119 cm³/mol. The van der Waals surface area contributed by atoms with Gasteiger partial charge in [-0.1, -0.05) is 6.07 Å². The first-order valence-electron chi connectivity index (χ1n) is 10.1. The Kier molecular flexibility index (Phi) is 5.46. The smallest absolute Gasteiger partial charge is 0.254 e. The fourth-order valence-electron chi connectivity index (χ4n) is 3.73. The zero-order chi connectivity index (χ0) is 22.1. The number of amides is 1. The van der Waals surface area contributed by atoms with Crippen LogP contribution < -0.4 is 0 Å². The lowest BCUT2D eigenvalue weighted by molar-refractivity contribution is 0.0303. The number of hydrogen-bond donors (Lipinski definition) is 0. The second-order valence-corrected chi connectivity index (χ2v) is 8.70. The van der Waals surface area contributed by atoms with E-state index in [4.69, 9.17) is 4.74 Å². The topological polar surface area (TPSA) is 103 Å². The molecule has 0 spiro atoms. The van der Waals surface area contributed by atoms with E-state index in [0.717, 1.165) is 22.0 Å². The zero-order valence-corrected chi connectivity index (χ0v) is 18.2. The molecule has 4 aromatic rings. The third-order valence-electron chi connectivity index (χ3n) is 5.40. The van der Waals surface area contributed by atoms with Gasteiger partial charge in [-0.15, -0.1) is 0 Å². The molecule has 3 aromatic heterocycles. The van der Waals surface area contributed by atoms with Crippen LogP contribution in [0.15, 0.2) is 60.1 Å². The lowest BCUT2D eigenvalue weighted by Crippen LogP contribution is -2.40. The summed E-state index contributed by atoms with van der Waals surface area (Å²) in [5.41, 5.74) is 2.96. The Balaban J connectivity index is 1.57. The first kappa shape index (κ1) is 20.4. The van der Waals surface area contributed by atoms with Crippen LogP contribution in [0.25, 0.3) is 28.0 Å². The van der Waals surface area contributed by atoms with Crippen LogP contribution in [0.4, 0.5) is 0 Å². The van der Waals surface area contributed by atoms with E-state index in [-0.39, 0.29) is 5.91 Å². The van der Waals surface area contributed by atoms with Gasteiger partial charge in [-0.05, 0) is 18.2 Å². The Bertz CT molecular complexity index is 1300. The predicted octanol–water partition coefficient (Wildman–Crippen LogP) is 2.09. The van der Waals surface area contributed by atoms with Crippen molar-refractivity contribution in [3.63, 3.8) is 0 Å². The van der Waals surface area contributed by atoms with Crippen molar-refractivity contribution in [2.45, 2.75) is 4.90 Å². The molecular formula is C22H20N6O3S. The van der Waals surface area contributed by atoms with Gasteiger partial charge in [0.1, 0.15) is 0 Å². The van der Waals surface area contributed by atoms with Crippen LogP contribution in [0, 0.1) is 0 Å². The highest BCUT2D eigenvalue weighted by Gasteiger charge is 2.21. The number of nitrogens with zero attached hydrogens (tertiary/aromatic N) is 6. The molecule has 1 aromatic carbocycles. The second kappa shape index (κ2) is 8.56. The molecule has 1 amide bonds. The summed E-state index contributed by atoms with van der Waals surface area (Å²) in [4.78, 5) is 24.4. The summed E-state index contributed by atoms with van der Waals surface area (Å²) in [6, 6.07) is 7.26. The minimum atomic E-state index is -1.22. The standard InChI is InChI=1S/C22H20N6O3S/c1-32(30)20-14-28(22-23-11-17(12-24-22)16-4-5-25-26-13-16)19-10-15(2-3-18(19)20)21(29)27-6-8-31-9-7-27/h2-5,10-14H,6-9H2,1H3. The van der Waals surface area contributed by atoms with Crippen LogP contribution in [0.3, 0.4) is 0 Å². The first-order valence-corrected chi connectivity index (χ1v) is 11.6. The molecule has 0 bridgehead atoms. The normalized spacial score (nSPS) is 15.1. The number of aromatic nitrogens is 5. The highest BCUT2D eigenvalue weighted by atomic mass is 32.2. The SMILES string of the molecule is CS(=O)c1cn(-c2ncc(-c3ccnnc3)cn2)c2cc(C(=O)N3CCOCC3)ccc12. The van der Waals surface area contributed by atoms with Crippen LogP contribution in [0.2, 0.25) is 0 Å². The van der Waals surface area contributed by atoms with Gasteiger partial charge >= 0.3 is 0 Å². The minimum absolute atomic E-state index is 0.0522. The summed E-state index contributed by atoms with van der Waals surface area (Å²) < 4.78 is 19.5. The van der Waals surface area contributed by atoms with Crippen LogP contribution in [-0.4, -0.2) is 72.3 Å². The Morgan fingerprint density at radius 3 is 2.50 bits per heavy atom. The quantitative estimate of drug-likeness (QED) is 0.471. The minimum Gasteiger partial charge on any atom is -0.378 e. The van der Waals surface area contributed by atoms with Gasteiger partial charge < -0.3 is 9.64 Å². The molecule has 1 saturated heterocycles. The molecule has 1 aliphatic rings. The van der Waals surface area contributed by atoms with Gasteiger partial charge in [0.15, 0.2) is 0 Å². The number of carbonyl (C=O) groups excluding carboxylic acids is 1.